The fourth-order valence-electron chi connectivity index (χ4n) is 4.41. The zero-order valence-corrected chi connectivity index (χ0v) is 21.6. The van der Waals surface area contributed by atoms with Gasteiger partial charge >= 0.3 is 0 Å². The highest BCUT2D eigenvalue weighted by Crippen LogP contribution is 2.45. The summed E-state index contributed by atoms with van der Waals surface area (Å²) in [4.78, 5) is 29.5. The van der Waals surface area contributed by atoms with Crippen molar-refractivity contribution in [2.75, 3.05) is 4.90 Å². The van der Waals surface area contributed by atoms with E-state index in [0.29, 0.717) is 17.0 Å². The molecule has 1 N–H and O–H groups in total. The molecular formula is C29H31NO4S. The standard InChI is InChI=1S/C29H31NO4S/c1-17(2)14-24(31)26-27(23-8-6-7-9-25(23)34-18(3)4)30(29(33)28(26)32)22-12-10-20(11-13-22)21-15-19(5)35-16-21/h6-13,15-18,27,32H,14H2,1-5H3. The number of para-hydroxylation sites is 1. The highest BCUT2D eigenvalue weighted by molar-refractivity contribution is 7.10. The van der Waals surface area contributed by atoms with E-state index in [1.54, 1.807) is 11.3 Å². The number of nitrogens with zero attached hydrogens (tertiary/aromatic N) is 1. The van der Waals surface area contributed by atoms with Gasteiger partial charge in [0, 0.05) is 22.5 Å². The van der Waals surface area contributed by atoms with Crippen molar-refractivity contribution in [2.24, 2.45) is 5.92 Å². The van der Waals surface area contributed by atoms with Crippen LogP contribution in [0.4, 0.5) is 5.69 Å². The molecular weight excluding hydrogens is 458 g/mol. The van der Waals surface area contributed by atoms with Crippen molar-refractivity contribution >= 4 is 28.7 Å². The van der Waals surface area contributed by atoms with Gasteiger partial charge in [0.25, 0.3) is 5.91 Å². The molecule has 0 saturated heterocycles. The van der Waals surface area contributed by atoms with Crippen LogP contribution in [0.25, 0.3) is 11.1 Å². The third-order valence-corrected chi connectivity index (χ3v) is 6.75. The number of aliphatic hydroxyl groups excluding tert-OH is 1. The number of ketones is 1. The Kier molecular flexibility index (Phi) is 7.13. The van der Waals surface area contributed by atoms with Gasteiger partial charge in [0.2, 0.25) is 0 Å². The summed E-state index contributed by atoms with van der Waals surface area (Å²) in [7, 11) is 0. The number of hydrogen-bond acceptors (Lipinski definition) is 5. The van der Waals surface area contributed by atoms with Crippen molar-refractivity contribution in [1.82, 2.24) is 0 Å². The summed E-state index contributed by atoms with van der Waals surface area (Å²) in [5, 5.41) is 13.0. The first-order valence-electron chi connectivity index (χ1n) is 11.9. The first-order valence-corrected chi connectivity index (χ1v) is 12.8. The SMILES string of the molecule is Cc1cc(-c2ccc(N3C(=O)C(O)=C(C(=O)CC(C)C)C3c3ccccc3OC(C)C)cc2)cs1. The fourth-order valence-corrected chi connectivity index (χ4v) is 5.12. The summed E-state index contributed by atoms with van der Waals surface area (Å²) >= 11 is 1.69. The first-order chi connectivity index (χ1) is 16.7. The molecule has 5 nitrogen and oxygen atoms in total. The number of rotatable bonds is 8. The Balaban J connectivity index is 1.82. The minimum Gasteiger partial charge on any atom is -0.503 e. The van der Waals surface area contributed by atoms with Crippen molar-refractivity contribution in [3.8, 4) is 16.9 Å². The second-order valence-electron chi connectivity index (χ2n) is 9.56. The highest BCUT2D eigenvalue weighted by Gasteiger charge is 2.45. The second kappa shape index (κ2) is 10.1. The van der Waals surface area contributed by atoms with Crippen LogP contribution in [0.3, 0.4) is 0 Å². The molecule has 182 valence electrons. The molecule has 2 heterocycles. The van der Waals surface area contributed by atoms with Crippen molar-refractivity contribution in [1.29, 1.82) is 0 Å². The van der Waals surface area contributed by atoms with Crippen LogP contribution < -0.4 is 9.64 Å². The third-order valence-electron chi connectivity index (χ3n) is 5.89. The number of anilines is 1. The lowest BCUT2D eigenvalue weighted by Gasteiger charge is -2.29. The Morgan fingerprint density at radius 1 is 1.06 bits per heavy atom. The Bertz CT molecular complexity index is 1270. The Morgan fingerprint density at radius 2 is 1.74 bits per heavy atom. The highest BCUT2D eigenvalue weighted by atomic mass is 32.1. The van der Waals surface area contributed by atoms with E-state index in [4.69, 9.17) is 4.74 Å². The quantitative estimate of drug-likeness (QED) is 0.369. The number of hydrogen-bond donors (Lipinski definition) is 1. The predicted molar refractivity (Wildman–Crippen MR) is 141 cm³/mol. The molecule has 3 aromatic rings. The zero-order chi connectivity index (χ0) is 25.3. The van der Waals surface area contributed by atoms with E-state index >= 15 is 0 Å². The zero-order valence-electron chi connectivity index (χ0n) is 20.7. The van der Waals surface area contributed by atoms with Crippen LogP contribution in [-0.4, -0.2) is 22.9 Å². The van der Waals surface area contributed by atoms with E-state index in [0.717, 1.165) is 11.1 Å². The van der Waals surface area contributed by atoms with Gasteiger partial charge in [-0.15, -0.1) is 11.3 Å². The summed E-state index contributed by atoms with van der Waals surface area (Å²) in [5.41, 5.74) is 3.56. The topological polar surface area (TPSA) is 66.8 Å². The molecule has 0 bridgehead atoms. The molecule has 1 aromatic heterocycles. The van der Waals surface area contributed by atoms with Crippen molar-refractivity contribution in [3.05, 3.63) is 81.8 Å². The molecule has 1 aliphatic heterocycles. The Morgan fingerprint density at radius 3 is 2.34 bits per heavy atom. The summed E-state index contributed by atoms with van der Waals surface area (Å²) < 4.78 is 6.05. The third kappa shape index (κ3) is 5.03. The van der Waals surface area contributed by atoms with E-state index < -0.39 is 17.7 Å². The van der Waals surface area contributed by atoms with Crippen LogP contribution in [0.2, 0.25) is 0 Å². The Hall–Kier alpha value is -3.38. The van der Waals surface area contributed by atoms with Gasteiger partial charge in [-0.2, -0.15) is 0 Å². The van der Waals surface area contributed by atoms with Crippen LogP contribution in [-0.2, 0) is 9.59 Å². The van der Waals surface area contributed by atoms with Gasteiger partial charge in [-0.1, -0.05) is 44.2 Å². The van der Waals surface area contributed by atoms with Crippen LogP contribution in [0.1, 0.15) is 50.6 Å². The average molecular weight is 490 g/mol. The van der Waals surface area contributed by atoms with Gasteiger partial charge in [-0.05, 0) is 67.5 Å². The Labute approximate surface area is 210 Å². The molecule has 35 heavy (non-hydrogen) atoms. The maximum absolute atomic E-state index is 13.4. The molecule has 1 atom stereocenters. The number of carbonyl (C=O) groups excluding carboxylic acids is 2. The van der Waals surface area contributed by atoms with Gasteiger partial charge in [0.1, 0.15) is 5.75 Å². The van der Waals surface area contributed by atoms with Crippen molar-refractivity contribution < 1.29 is 19.4 Å². The number of amides is 1. The lowest BCUT2D eigenvalue weighted by Crippen LogP contribution is -2.31. The smallest absolute Gasteiger partial charge is 0.294 e. The number of aryl methyl sites for hydroxylation is 1. The lowest BCUT2D eigenvalue weighted by molar-refractivity contribution is -0.118. The van der Waals surface area contributed by atoms with Crippen molar-refractivity contribution in [3.63, 3.8) is 0 Å². The molecule has 2 aromatic carbocycles. The van der Waals surface area contributed by atoms with Gasteiger partial charge in [-0.3, -0.25) is 14.5 Å². The molecule has 1 aliphatic rings. The van der Waals surface area contributed by atoms with E-state index in [9.17, 15) is 14.7 Å². The van der Waals surface area contributed by atoms with Gasteiger partial charge in [0.05, 0.1) is 17.7 Å². The number of aliphatic hydroxyl groups is 1. The van der Waals surface area contributed by atoms with E-state index in [1.807, 2.05) is 76.2 Å². The summed E-state index contributed by atoms with van der Waals surface area (Å²) in [6, 6.07) is 16.4. The van der Waals surface area contributed by atoms with Gasteiger partial charge in [-0.25, -0.2) is 0 Å². The first kappa shape index (κ1) is 24.7. The van der Waals surface area contributed by atoms with Crippen molar-refractivity contribution in [2.45, 2.75) is 53.2 Å². The molecule has 0 radical (unpaired) electrons. The normalized spacial score (nSPS) is 16.0. The average Bonchev–Trinajstić information content (AvgIpc) is 3.34. The van der Waals surface area contributed by atoms with Gasteiger partial charge < -0.3 is 9.84 Å². The minimum absolute atomic E-state index is 0.0862. The molecule has 0 fully saturated rings. The van der Waals surface area contributed by atoms with Crippen LogP contribution in [0.5, 0.6) is 5.75 Å². The van der Waals surface area contributed by atoms with E-state index in [2.05, 4.69) is 18.4 Å². The predicted octanol–water partition coefficient (Wildman–Crippen LogP) is 7.03. The molecule has 4 rings (SSSR count). The number of Topliss-reactive ketones (excluding diaryl/α,β-unsaturated/α-hetero) is 1. The van der Waals surface area contributed by atoms with E-state index in [1.165, 1.54) is 9.78 Å². The summed E-state index contributed by atoms with van der Waals surface area (Å²) in [5.74, 6) is -0.635. The monoisotopic (exact) mass is 489 g/mol. The fraction of sp³-hybridized carbons (Fsp3) is 0.310. The molecule has 1 unspecified atom stereocenters. The number of thiophene rings is 1. The lowest BCUT2D eigenvalue weighted by atomic mass is 9.91. The number of carbonyl (C=O) groups is 2. The van der Waals surface area contributed by atoms with Crippen LogP contribution in [0, 0.1) is 12.8 Å². The molecule has 1 amide bonds. The molecule has 0 spiro atoms. The largest absolute Gasteiger partial charge is 0.503 e. The summed E-state index contributed by atoms with van der Waals surface area (Å²) in [6.07, 6.45) is 0.142. The minimum atomic E-state index is -0.780. The van der Waals surface area contributed by atoms with Crippen LogP contribution >= 0.6 is 11.3 Å². The second-order valence-corrected chi connectivity index (χ2v) is 10.7. The number of benzene rings is 2. The number of ether oxygens (including phenoxy) is 1. The van der Waals surface area contributed by atoms with Crippen LogP contribution in [0.15, 0.2) is 71.3 Å². The van der Waals surface area contributed by atoms with Gasteiger partial charge in [0.15, 0.2) is 11.5 Å². The maximum atomic E-state index is 13.4. The van der Waals surface area contributed by atoms with E-state index in [-0.39, 0.29) is 29.8 Å². The maximum Gasteiger partial charge on any atom is 0.294 e. The molecule has 0 aliphatic carbocycles. The molecule has 0 saturated carbocycles. The summed E-state index contributed by atoms with van der Waals surface area (Å²) in [6.45, 7) is 9.81. The molecule has 6 heteroatoms.